The van der Waals surface area contributed by atoms with Gasteiger partial charge in [-0.05, 0) is 44.4 Å². The average molecular weight is 296 g/mol. The van der Waals surface area contributed by atoms with E-state index in [0.717, 1.165) is 38.5 Å². The predicted octanol–water partition coefficient (Wildman–Crippen LogP) is 1.90. The Morgan fingerprint density at radius 3 is 2.19 bits per heavy atom. The molecule has 5 heteroatoms. The fourth-order valence-corrected chi connectivity index (χ4v) is 3.79. The van der Waals surface area contributed by atoms with Gasteiger partial charge < -0.3 is 16.2 Å². The van der Waals surface area contributed by atoms with Gasteiger partial charge in [-0.3, -0.25) is 9.59 Å². The summed E-state index contributed by atoms with van der Waals surface area (Å²) < 4.78 is 0. The number of carbonyl (C=O) groups is 2. The lowest BCUT2D eigenvalue weighted by Crippen LogP contribution is -2.51. The highest BCUT2D eigenvalue weighted by Crippen LogP contribution is 2.40. The maximum absolute atomic E-state index is 12.6. The Morgan fingerprint density at radius 2 is 1.71 bits per heavy atom. The first-order valence-corrected chi connectivity index (χ1v) is 8.16. The summed E-state index contributed by atoms with van der Waals surface area (Å²) in [5.41, 5.74) is 4.65. The monoisotopic (exact) mass is 296 g/mol. The molecular formula is C16H28N2O3. The number of hydrogen-bond donors (Lipinski definition) is 3. The Hall–Kier alpha value is -1.10. The minimum absolute atomic E-state index is 0.0376. The van der Waals surface area contributed by atoms with Gasteiger partial charge in [-0.25, -0.2) is 0 Å². The number of carboxylic acids is 1. The van der Waals surface area contributed by atoms with Crippen LogP contribution in [-0.4, -0.2) is 30.1 Å². The first kappa shape index (κ1) is 16.3. The second kappa shape index (κ2) is 6.34. The lowest BCUT2D eigenvalue weighted by molar-refractivity contribution is -0.149. The van der Waals surface area contributed by atoms with E-state index in [1.165, 1.54) is 0 Å². The topological polar surface area (TPSA) is 92.4 Å². The Kier molecular flexibility index (Phi) is 4.91. The molecule has 0 bridgehead atoms. The van der Waals surface area contributed by atoms with Crippen LogP contribution in [0.3, 0.4) is 0 Å². The number of nitrogens with two attached hydrogens (primary N) is 1. The van der Waals surface area contributed by atoms with Crippen molar-refractivity contribution in [3.63, 3.8) is 0 Å². The van der Waals surface area contributed by atoms with E-state index in [1.807, 2.05) is 0 Å². The van der Waals surface area contributed by atoms with Crippen LogP contribution in [0.4, 0.5) is 0 Å². The van der Waals surface area contributed by atoms with Gasteiger partial charge in [0.25, 0.3) is 0 Å². The second-order valence-electron chi connectivity index (χ2n) is 7.14. The third-order valence-corrected chi connectivity index (χ3v) is 5.71. The van der Waals surface area contributed by atoms with Crippen LogP contribution in [0.15, 0.2) is 0 Å². The van der Waals surface area contributed by atoms with Gasteiger partial charge in [-0.15, -0.1) is 0 Å². The number of rotatable bonds is 5. The highest BCUT2D eigenvalue weighted by atomic mass is 16.4. The van der Waals surface area contributed by atoms with E-state index in [0.29, 0.717) is 25.3 Å². The molecule has 0 radical (unpaired) electrons. The van der Waals surface area contributed by atoms with Crippen molar-refractivity contribution < 1.29 is 14.7 Å². The summed E-state index contributed by atoms with van der Waals surface area (Å²) in [6.07, 6.45) is 6.87. The SMILES string of the molecule is CC1CCC(CN)(C(=O)NCC2(C(=O)O)CCCC2)CC1. The first-order chi connectivity index (χ1) is 9.94. The van der Waals surface area contributed by atoms with Gasteiger partial charge in [0.05, 0.1) is 10.8 Å². The van der Waals surface area contributed by atoms with E-state index in [4.69, 9.17) is 5.73 Å². The fraction of sp³-hybridized carbons (Fsp3) is 0.875. The lowest BCUT2D eigenvalue weighted by atomic mass is 9.70. The molecular weight excluding hydrogens is 268 g/mol. The molecule has 1 amide bonds. The summed E-state index contributed by atoms with van der Waals surface area (Å²) in [6, 6.07) is 0. The van der Waals surface area contributed by atoms with Gasteiger partial charge in [0.1, 0.15) is 0 Å². The number of aliphatic carboxylic acids is 1. The highest BCUT2D eigenvalue weighted by Gasteiger charge is 2.44. The minimum Gasteiger partial charge on any atom is -0.481 e. The third-order valence-electron chi connectivity index (χ3n) is 5.71. The Labute approximate surface area is 126 Å². The number of nitrogens with one attached hydrogen (secondary N) is 1. The summed E-state index contributed by atoms with van der Waals surface area (Å²) in [5, 5.41) is 12.4. The van der Waals surface area contributed by atoms with Crippen LogP contribution in [0, 0.1) is 16.7 Å². The normalized spacial score (nSPS) is 31.8. The first-order valence-electron chi connectivity index (χ1n) is 8.16. The van der Waals surface area contributed by atoms with Gasteiger partial charge in [-0.1, -0.05) is 19.8 Å². The minimum atomic E-state index is -0.778. The van der Waals surface area contributed by atoms with E-state index in [9.17, 15) is 14.7 Å². The fourth-order valence-electron chi connectivity index (χ4n) is 3.79. The maximum Gasteiger partial charge on any atom is 0.311 e. The van der Waals surface area contributed by atoms with Crippen LogP contribution in [0.1, 0.15) is 58.3 Å². The summed E-state index contributed by atoms with van der Waals surface area (Å²) in [5.74, 6) is -0.165. The van der Waals surface area contributed by atoms with Crippen LogP contribution in [-0.2, 0) is 9.59 Å². The van der Waals surface area contributed by atoms with E-state index >= 15 is 0 Å². The standard InChI is InChI=1S/C16H28N2O3/c1-12-4-8-15(10-17,9-5-12)13(19)18-11-16(14(20)21)6-2-3-7-16/h12H,2-11,17H2,1H3,(H,18,19)(H,20,21). The van der Waals surface area contributed by atoms with Crippen molar-refractivity contribution in [1.29, 1.82) is 0 Å². The van der Waals surface area contributed by atoms with E-state index < -0.39 is 16.8 Å². The van der Waals surface area contributed by atoms with E-state index in [-0.39, 0.29) is 12.5 Å². The highest BCUT2D eigenvalue weighted by molar-refractivity contribution is 5.84. The summed E-state index contributed by atoms with van der Waals surface area (Å²) in [6.45, 7) is 2.81. The number of carboxylic acid groups (broad SMARTS) is 1. The average Bonchev–Trinajstić information content (AvgIpc) is 2.96. The molecule has 0 heterocycles. The van der Waals surface area contributed by atoms with Crippen LogP contribution in [0.5, 0.6) is 0 Å². The van der Waals surface area contributed by atoms with Crippen LogP contribution in [0.25, 0.3) is 0 Å². The van der Waals surface area contributed by atoms with Crippen molar-refractivity contribution in [2.24, 2.45) is 22.5 Å². The van der Waals surface area contributed by atoms with Crippen molar-refractivity contribution in [2.45, 2.75) is 58.3 Å². The molecule has 120 valence electrons. The molecule has 21 heavy (non-hydrogen) atoms. The molecule has 5 nitrogen and oxygen atoms in total. The molecule has 0 aromatic carbocycles. The maximum atomic E-state index is 12.6. The molecule has 0 spiro atoms. The summed E-state index contributed by atoms with van der Waals surface area (Å²) in [4.78, 5) is 24.1. The second-order valence-corrected chi connectivity index (χ2v) is 7.14. The molecule has 2 aliphatic carbocycles. The quantitative estimate of drug-likeness (QED) is 0.722. The molecule has 0 aromatic heterocycles. The van der Waals surface area contributed by atoms with Crippen LogP contribution in [0.2, 0.25) is 0 Å². The molecule has 2 aliphatic rings. The van der Waals surface area contributed by atoms with Crippen molar-refractivity contribution in [3.05, 3.63) is 0 Å². The lowest BCUT2D eigenvalue weighted by Gasteiger charge is -2.38. The Balaban J connectivity index is 1.98. The predicted molar refractivity (Wildman–Crippen MR) is 80.7 cm³/mol. The zero-order valence-corrected chi connectivity index (χ0v) is 13.0. The van der Waals surface area contributed by atoms with Gasteiger partial charge >= 0.3 is 5.97 Å². The van der Waals surface area contributed by atoms with Gasteiger partial charge in [0.15, 0.2) is 0 Å². The Bertz CT molecular complexity index is 394. The molecule has 0 saturated heterocycles. The summed E-state index contributed by atoms with van der Waals surface area (Å²) >= 11 is 0. The van der Waals surface area contributed by atoms with Gasteiger partial charge in [0.2, 0.25) is 5.91 Å². The molecule has 2 saturated carbocycles. The molecule has 0 aliphatic heterocycles. The van der Waals surface area contributed by atoms with E-state index in [2.05, 4.69) is 12.2 Å². The van der Waals surface area contributed by atoms with Crippen LogP contribution >= 0.6 is 0 Å². The third kappa shape index (κ3) is 3.23. The van der Waals surface area contributed by atoms with Crippen molar-refractivity contribution >= 4 is 11.9 Å². The number of amides is 1. The Morgan fingerprint density at radius 1 is 1.14 bits per heavy atom. The molecule has 0 atom stereocenters. The van der Waals surface area contributed by atoms with Gasteiger partial charge in [-0.2, -0.15) is 0 Å². The molecule has 0 aromatic rings. The zero-order valence-electron chi connectivity index (χ0n) is 13.0. The van der Waals surface area contributed by atoms with Crippen molar-refractivity contribution in [2.75, 3.05) is 13.1 Å². The molecule has 2 fully saturated rings. The van der Waals surface area contributed by atoms with Crippen LogP contribution < -0.4 is 11.1 Å². The largest absolute Gasteiger partial charge is 0.481 e. The van der Waals surface area contributed by atoms with E-state index in [1.54, 1.807) is 0 Å². The molecule has 4 N–H and O–H groups in total. The zero-order chi connectivity index (χ0) is 15.5. The van der Waals surface area contributed by atoms with Crippen molar-refractivity contribution in [1.82, 2.24) is 5.32 Å². The molecule has 2 rings (SSSR count). The summed E-state index contributed by atoms with van der Waals surface area (Å²) in [7, 11) is 0. The molecule has 0 unspecified atom stereocenters. The van der Waals surface area contributed by atoms with Gasteiger partial charge in [0, 0.05) is 13.1 Å². The number of hydrogen-bond acceptors (Lipinski definition) is 3. The number of carbonyl (C=O) groups excluding carboxylic acids is 1. The van der Waals surface area contributed by atoms with Crippen molar-refractivity contribution in [3.8, 4) is 0 Å². The smallest absolute Gasteiger partial charge is 0.311 e.